The van der Waals surface area contributed by atoms with Gasteiger partial charge in [0.25, 0.3) is 0 Å². The summed E-state index contributed by atoms with van der Waals surface area (Å²) in [6, 6.07) is 20.9. The van der Waals surface area contributed by atoms with E-state index in [1.807, 2.05) is 24.3 Å². The molecule has 3 heteroatoms. The topological polar surface area (TPSA) is 29.1 Å². The van der Waals surface area contributed by atoms with Gasteiger partial charge in [-0.2, -0.15) is 0 Å². The molecule has 0 saturated carbocycles. The van der Waals surface area contributed by atoms with Crippen molar-refractivity contribution < 1.29 is 4.79 Å². The molecule has 0 radical (unpaired) electrons. The number of amides is 1. The van der Waals surface area contributed by atoms with Crippen LogP contribution in [0.25, 0.3) is 10.8 Å². The first-order chi connectivity index (χ1) is 11.8. The average molecular weight is 333 g/mol. The Morgan fingerprint density at radius 1 is 0.917 bits per heavy atom. The molecule has 0 unspecified atom stereocenters. The van der Waals surface area contributed by atoms with Crippen LogP contribution in [0.5, 0.6) is 0 Å². The smallest absolute Gasteiger partial charge is 0.234 e. The van der Waals surface area contributed by atoms with E-state index in [1.165, 1.54) is 27.5 Å². The zero-order chi connectivity index (χ0) is 16.4. The lowest BCUT2D eigenvalue weighted by atomic mass is 10.0. The van der Waals surface area contributed by atoms with Crippen LogP contribution in [-0.4, -0.2) is 11.7 Å². The van der Waals surface area contributed by atoms with Crippen molar-refractivity contribution >= 4 is 34.1 Å². The van der Waals surface area contributed by atoms with E-state index in [2.05, 4.69) is 41.7 Å². The number of thioether (sulfide) groups is 1. The molecule has 0 atom stereocenters. The van der Waals surface area contributed by atoms with Crippen LogP contribution in [0.4, 0.5) is 5.69 Å². The van der Waals surface area contributed by atoms with Gasteiger partial charge in [-0.05, 0) is 41.0 Å². The van der Waals surface area contributed by atoms with Gasteiger partial charge in [-0.25, -0.2) is 0 Å². The minimum Gasteiger partial charge on any atom is -0.325 e. The van der Waals surface area contributed by atoms with Gasteiger partial charge < -0.3 is 5.32 Å². The summed E-state index contributed by atoms with van der Waals surface area (Å²) >= 11 is 1.65. The molecule has 120 valence electrons. The second kappa shape index (κ2) is 6.70. The van der Waals surface area contributed by atoms with Crippen molar-refractivity contribution in [2.45, 2.75) is 18.6 Å². The van der Waals surface area contributed by atoms with Crippen molar-refractivity contribution in [2.75, 3.05) is 11.1 Å². The summed E-state index contributed by atoms with van der Waals surface area (Å²) in [6.45, 7) is 0. The standard InChI is InChI=1S/C21H19NOS/c23-20(14-24-13-15-5-2-1-3-6-15)22-19-12-11-17-10-9-16-7-4-8-18(19)21(16)17/h1-8,11-12H,9-10,13-14H2,(H,22,23). The van der Waals surface area contributed by atoms with Crippen molar-refractivity contribution in [3.63, 3.8) is 0 Å². The van der Waals surface area contributed by atoms with Crippen LogP contribution in [0.2, 0.25) is 0 Å². The summed E-state index contributed by atoms with van der Waals surface area (Å²) in [5.74, 6) is 1.39. The van der Waals surface area contributed by atoms with Gasteiger partial charge >= 0.3 is 0 Å². The highest BCUT2D eigenvalue weighted by Gasteiger charge is 2.16. The number of aryl methyl sites for hydroxylation is 2. The second-order valence-electron chi connectivity index (χ2n) is 6.14. The first-order valence-corrected chi connectivity index (χ1v) is 9.42. The maximum Gasteiger partial charge on any atom is 0.234 e. The Morgan fingerprint density at radius 2 is 1.71 bits per heavy atom. The van der Waals surface area contributed by atoms with E-state index in [0.29, 0.717) is 5.75 Å². The fourth-order valence-corrected chi connectivity index (χ4v) is 4.17. The zero-order valence-corrected chi connectivity index (χ0v) is 14.2. The Bertz CT molecular complexity index is 879. The summed E-state index contributed by atoms with van der Waals surface area (Å²) in [6.07, 6.45) is 2.22. The molecule has 1 amide bonds. The molecular weight excluding hydrogens is 314 g/mol. The predicted molar refractivity (Wildman–Crippen MR) is 103 cm³/mol. The zero-order valence-electron chi connectivity index (χ0n) is 13.4. The summed E-state index contributed by atoms with van der Waals surface area (Å²) in [5, 5.41) is 5.60. The van der Waals surface area contributed by atoms with E-state index in [1.54, 1.807) is 11.8 Å². The van der Waals surface area contributed by atoms with Crippen molar-refractivity contribution in [3.05, 3.63) is 77.4 Å². The number of rotatable bonds is 5. The minimum absolute atomic E-state index is 0.0645. The van der Waals surface area contributed by atoms with Crippen LogP contribution < -0.4 is 5.32 Å². The summed E-state index contributed by atoms with van der Waals surface area (Å²) in [7, 11) is 0. The van der Waals surface area contributed by atoms with Gasteiger partial charge in [-0.1, -0.05) is 54.6 Å². The number of anilines is 1. The molecule has 1 aliphatic carbocycles. The van der Waals surface area contributed by atoms with Crippen LogP contribution in [0.15, 0.2) is 60.7 Å². The summed E-state index contributed by atoms with van der Waals surface area (Å²) in [5.41, 5.74) is 4.98. The third-order valence-corrected chi connectivity index (χ3v) is 5.50. The molecule has 0 fully saturated rings. The van der Waals surface area contributed by atoms with Crippen LogP contribution in [-0.2, 0) is 23.4 Å². The molecule has 0 spiro atoms. The molecule has 0 bridgehead atoms. The Balaban J connectivity index is 1.44. The van der Waals surface area contributed by atoms with Gasteiger partial charge in [0.05, 0.1) is 5.75 Å². The highest BCUT2D eigenvalue weighted by atomic mass is 32.2. The number of hydrogen-bond donors (Lipinski definition) is 1. The molecular formula is C21H19NOS. The first kappa shape index (κ1) is 15.3. The van der Waals surface area contributed by atoms with Crippen molar-refractivity contribution in [2.24, 2.45) is 0 Å². The highest BCUT2D eigenvalue weighted by molar-refractivity contribution is 7.99. The third kappa shape index (κ3) is 3.04. The highest BCUT2D eigenvalue weighted by Crippen LogP contribution is 2.35. The fraction of sp³-hybridized carbons (Fsp3) is 0.190. The van der Waals surface area contributed by atoms with E-state index >= 15 is 0 Å². The summed E-state index contributed by atoms with van der Waals surface area (Å²) in [4.78, 5) is 12.3. The molecule has 0 saturated heterocycles. The van der Waals surface area contributed by atoms with Crippen LogP contribution in [0.3, 0.4) is 0 Å². The van der Waals surface area contributed by atoms with Gasteiger partial charge in [0, 0.05) is 16.8 Å². The molecule has 24 heavy (non-hydrogen) atoms. The Labute approximate surface area is 146 Å². The maximum atomic E-state index is 12.3. The van der Waals surface area contributed by atoms with Gasteiger partial charge in [-0.3, -0.25) is 4.79 Å². The lowest BCUT2D eigenvalue weighted by Gasteiger charge is -2.10. The lowest BCUT2D eigenvalue weighted by molar-refractivity contribution is -0.113. The second-order valence-corrected chi connectivity index (χ2v) is 7.12. The number of nitrogens with one attached hydrogen (secondary N) is 1. The number of hydrogen-bond acceptors (Lipinski definition) is 2. The van der Waals surface area contributed by atoms with E-state index in [4.69, 9.17) is 0 Å². The summed E-state index contributed by atoms with van der Waals surface area (Å²) < 4.78 is 0. The van der Waals surface area contributed by atoms with Gasteiger partial charge in [0.1, 0.15) is 0 Å². The maximum absolute atomic E-state index is 12.3. The van der Waals surface area contributed by atoms with Gasteiger partial charge in [0.15, 0.2) is 0 Å². The number of benzene rings is 3. The molecule has 0 aliphatic heterocycles. The molecule has 3 aromatic carbocycles. The predicted octanol–water partition coefficient (Wildman–Crippen LogP) is 4.81. The molecule has 4 rings (SSSR count). The van der Waals surface area contributed by atoms with Crippen LogP contribution in [0, 0.1) is 0 Å². The molecule has 3 aromatic rings. The fourth-order valence-electron chi connectivity index (χ4n) is 3.38. The quantitative estimate of drug-likeness (QED) is 0.726. The normalized spacial score (nSPS) is 12.5. The number of carbonyl (C=O) groups is 1. The van der Waals surface area contributed by atoms with E-state index in [-0.39, 0.29) is 5.91 Å². The minimum atomic E-state index is 0.0645. The number of carbonyl (C=O) groups excluding carboxylic acids is 1. The molecule has 0 heterocycles. The largest absolute Gasteiger partial charge is 0.325 e. The first-order valence-electron chi connectivity index (χ1n) is 8.26. The lowest BCUT2D eigenvalue weighted by Crippen LogP contribution is -2.14. The molecule has 0 aromatic heterocycles. The Hall–Kier alpha value is -2.26. The van der Waals surface area contributed by atoms with Crippen molar-refractivity contribution in [1.82, 2.24) is 0 Å². The van der Waals surface area contributed by atoms with E-state index < -0.39 is 0 Å². The van der Waals surface area contributed by atoms with Crippen LogP contribution >= 0.6 is 11.8 Å². The van der Waals surface area contributed by atoms with Gasteiger partial charge in [-0.15, -0.1) is 11.8 Å². The molecule has 1 aliphatic rings. The van der Waals surface area contributed by atoms with Crippen LogP contribution in [0.1, 0.15) is 16.7 Å². The monoisotopic (exact) mass is 333 g/mol. The van der Waals surface area contributed by atoms with Crippen molar-refractivity contribution in [1.29, 1.82) is 0 Å². The van der Waals surface area contributed by atoms with Crippen molar-refractivity contribution in [3.8, 4) is 0 Å². The average Bonchev–Trinajstić information content (AvgIpc) is 3.03. The van der Waals surface area contributed by atoms with E-state index in [9.17, 15) is 4.79 Å². The SMILES string of the molecule is O=C(CSCc1ccccc1)Nc1ccc2c3c(cccc13)CC2. The third-order valence-electron chi connectivity index (χ3n) is 4.50. The Kier molecular flexibility index (Phi) is 4.26. The molecule has 1 N–H and O–H groups in total. The van der Waals surface area contributed by atoms with Gasteiger partial charge in [0.2, 0.25) is 5.91 Å². The van der Waals surface area contributed by atoms with E-state index in [0.717, 1.165) is 24.3 Å². The molecule has 2 nitrogen and oxygen atoms in total. The Morgan fingerprint density at radius 3 is 2.54 bits per heavy atom.